The standard InChI is InChI=1S/C13H11ClN2/c14-12-7-5-10(6-8-12)9-1-3-11(4-2-9)13(15)16/h1-8H,(H3,15,16). The Kier molecular flexibility index (Phi) is 2.93. The van der Waals surface area contributed by atoms with Gasteiger partial charge in [0.2, 0.25) is 0 Å². The van der Waals surface area contributed by atoms with Crippen LogP contribution in [0.25, 0.3) is 11.1 Å². The SMILES string of the molecule is N=C(N)c1ccc(-c2ccc(Cl)cc2)cc1. The Balaban J connectivity index is 2.34. The van der Waals surface area contributed by atoms with E-state index in [0.29, 0.717) is 0 Å². The van der Waals surface area contributed by atoms with Crippen LogP contribution in [0.5, 0.6) is 0 Å². The van der Waals surface area contributed by atoms with Gasteiger partial charge in [0.15, 0.2) is 0 Å². The van der Waals surface area contributed by atoms with Gasteiger partial charge in [-0.2, -0.15) is 0 Å². The van der Waals surface area contributed by atoms with Crippen molar-refractivity contribution in [3.8, 4) is 11.1 Å². The van der Waals surface area contributed by atoms with E-state index in [0.717, 1.165) is 21.7 Å². The third-order valence-electron chi connectivity index (χ3n) is 2.37. The highest BCUT2D eigenvalue weighted by Crippen LogP contribution is 2.21. The van der Waals surface area contributed by atoms with Crippen molar-refractivity contribution in [3.05, 3.63) is 59.1 Å². The molecule has 0 saturated carbocycles. The average molecular weight is 231 g/mol. The smallest absolute Gasteiger partial charge is 0.122 e. The molecule has 16 heavy (non-hydrogen) atoms. The van der Waals surface area contributed by atoms with Crippen LogP contribution < -0.4 is 5.73 Å². The van der Waals surface area contributed by atoms with Crippen LogP contribution in [0.4, 0.5) is 0 Å². The lowest BCUT2D eigenvalue weighted by molar-refractivity contribution is 1.42. The minimum atomic E-state index is 0.0858. The summed E-state index contributed by atoms with van der Waals surface area (Å²) in [6.07, 6.45) is 0. The van der Waals surface area contributed by atoms with Gasteiger partial charge in [0.1, 0.15) is 5.84 Å². The Morgan fingerprint density at radius 1 is 0.875 bits per heavy atom. The van der Waals surface area contributed by atoms with Crippen LogP contribution in [0, 0.1) is 5.41 Å². The number of nitrogens with one attached hydrogen (secondary N) is 1. The van der Waals surface area contributed by atoms with Crippen molar-refractivity contribution in [3.63, 3.8) is 0 Å². The molecule has 0 saturated heterocycles. The third kappa shape index (κ3) is 2.23. The highest BCUT2D eigenvalue weighted by atomic mass is 35.5. The Morgan fingerprint density at radius 2 is 1.31 bits per heavy atom. The molecule has 3 N–H and O–H groups in total. The van der Waals surface area contributed by atoms with Crippen molar-refractivity contribution in [2.75, 3.05) is 0 Å². The summed E-state index contributed by atoms with van der Waals surface area (Å²) >= 11 is 5.82. The molecule has 2 nitrogen and oxygen atoms in total. The van der Waals surface area contributed by atoms with Gasteiger partial charge >= 0.3 is 0 Å². The molecule has 2 rings (SSSR count). The van der Waals surface area contributed by atoms with Crippen molar-refractivity contribution >= 4 is 17.4 Å². The number of nitrogens with two attached hydrogens (primary N) is 1. The molecule has 0 fully saturated rings. The molecule has 0 amide bonds. The minimum Gasteiger partial charge on any atom is -0.384 e. The van der Waals surface area contributed by atoms with Crippen LogP contribution in [0.1, 0.15) is 5.56 Å². The molecule has 0 heterocycles. The van der Waals surface area contributed by atoms with Crippen molar-refractivity contribution in [1.29, 1.82) is 5.41 Å². The lowest BCUT2D eigenvalue weighted by Gasteiger charge is -2.03. The molecule has 0 spiro atoms. The zero-order valence-corrected chi connectivity index (χ0v) is 9.33. The maximum absolute atomic E-state index is 7.30. The second kappa shape index (κ2) is 4.37. The Hall–Kier alpha value is -1.80. The lowest BCUT2D eigenvalue weighted by atomic mass is 10.0. The summed E-state index contributed by atoms with van der Waals surface area (Å²) in [6.45, 7) is 0. The first-order valence-electron chi connectivity index (χ1n) is 4.87. The quantitative estimate of drug-likeness (QED) is 0.604. The minimum absolute atomic E-state index is 0.0858. The summed E-state index contributed by atoms with van der Waals surface area (Å²) in [4.78, 5) is 0. The number of halogens is 1. The van der Waals surface area contributed by atoms with E-state index in [-0.39, 0.29) is 5.84 Å². The normalized spacial score (nSPS) is 10.1. The van der Waals surface area contributed by atoms with E-state index in [4.69, 9.17) is 22.7 Å². The second-order valence-corrected chi connectivity index (χ2v) is 3.93. The average Bonchev–Trinajstić information content (AvgIpc) is 2.30. The fourth-order valence-corrected chi connectivity index (χ4v) is 1.61. The van der Waals surface area contributed by atoms with Crippen LogP contribution in [0.15, 0.2) is 48.5 Å². The van der Waals surface area contributed by atoms with E-state index in [2.05, 4.69) is 0 Å². The molecule has 0 bridgehead atoms. The Morgan fingerprint density at radius 3 is 1.75 bits per heavy atom. The number of benzene rings is 2. The van der Waals surface area contributed by atoms with E-state index >= 15 is 0 Å². The van der Waals surface area contributed by atoms with Gasteiger partial charge in [0.05, 0.1) is 0 Å². The molecule has 3 heteroatoms. The summed E-state index contributed by atoms with van der Waals surface area (Å²) in [6, 6.07) is 15.2. The fraction of sp³-hybridized carbons (Fsp3) is 0. The van der Waals surface area contributed by atoms with E-state index in [1.165, 1.54) is 0 Å². The molecular weight excluding hydrogens is 220 g/mol. The summed E-state index contributed by atoms with van der Waals surface area (Å²) in [5.41, 5.74) is 8.30. The lowest BCUT2D eigenvalue weighted by Crippen LogP contribution is -2.10. The van der Waals surface area contributed by atoms with Gasteiger partial charge in [0, 0.05) is 10.6 Å². The van der Waals surface area contributed by atoms with Crippen molar-refractivity contribution < 1.29 is 0 Å². The third-order valence-corrected chi connectivity index (χ3v) is 2.63. The number of nitrogen functional groups attached to an aromatic ring is 1. The van der Waals surface area contributed by atoms with Gasteiger partial charge in [0.25, 0.3) is 0 Å². The molecule has 80 valence electrons. The topological polar surface area (TPSA) is 49.9 Å². The van der Waals surface area contributed by atoms with Gasteiger partial charge in [-0.3, -0.25) is 5.41 Å². The molecule has 0 unspecified atom stereocenters. The van der Waals surface area contributed by atoms with Crippen LogP contribution >= 0.6 is 11.6 Å². The van der Waals surface area contributed by atoms with Gasteiger partial charge in [-0.05, 0) is 23.3 Å². The maximum Gasteiger partial charge on any atom is 0.122 e. The largest absolute Gasteiger partial charge is 0.384 e. The highest BCUT2D eigenvalue weighted by molar-refractivity contribution is 6.30. The molecule has 0 aromatic heterocycles. The van der Waals surface area contributed by atoms with Gasteiger partial charge < -0.3 is 5.73 Å². The van der Waals surface area contributed by atoms with Crippen LogP contribution in [0.3, 0.4) is 0 Å². The molecule has 0 aliphatic carbocycles. The number of amidine groups is 1. The summed E-state index contributed by atoms with van der Waals surface area (Å²) in [5, 5.41) is 8.02. The molecule has 0 aliphatic rings. The van der Waals surface area contributed by atoms with Gasteiger partial charge in [-0.1, -0.05) is 48.0 Å². The molecular formula is C13H11ClN2. The van der Waals surface area contributed by atoms with E-state index in [1.54, 1.807) is 0 Å². The van der Waals surface area contributed by atoms with Gasteiger partial charge in [-0.25, -0.2) is 0 Å². The van der Waals surface area contributed by atoms with Crippen molar-refractivity contribution in [1.82, 2.24) is 0 Å². The Labute approximate surface area is 99.2 Å². The zero-order valence-electron chi connectivity index (χ0n) is 8.57. The summed E-state index contributed by atoms with van der Waals surface area (Å²) < 4.78 is 0. The molecule has 2 aromatic carbocycles. The van der Waals surface area contributed by atoms with Crippen molar-refractivity contribution in [2.24, 2.45) is 5.73 Å². The summed E-state index contributed by atoms with van der Waals surface area (Å²) in [5.74, 6) is 0.0858. The second-order valence-electron chi connectivity index (χ2n) is 3.50. The van der Waals surface area contributed by atoms with Crippen LogP contribution in [-0.4, -0.2) is 5.84 Å². The first-order valence-corrected chi connectivity index (χ1v) is 5.25. The number of rotatable bonds is 2. The van der Waals surface area contributed by atoms with E-state index in [9.17, 15) is 0 Å². The van der Waals surface area contributed by atoms with Crippen molar-refractivity contribution in [2.45, 2.75) is 0 Å². The summed E-state index contributed by atoms with van der Waals surface area (Å²) in [7, 11) is 0. The highest BCUT2D eigenvalue weighted by Gasteiger charge is 1.99. The zero-order chi connectivity index (χ0) is 11.5. The molecule has 0 radical (unpaired) electrons. The molecule has 0 atom stereocenters. The maximum atomic E-state index is 7.30. The Bertz CT molecular complexity index is 500. The van der Waals surface area contributed by atoms with E-state index in [1.807, 2.05) is 48.5 Å². The fourth-order valence-electron chi connectivity index (χ4n) is 1.48. The first kappa shape index (κ1) is 10.7. The molecule has 0 aliphatic heterocycles. The monoisotopic (exact) mass is 230 g/mol. The van der Waals surface area contributed by atoms with Crippen LogP contribution in [0.2, 0.25) is 5.02 Å². The predicted octanol–water partition coefficient (Wildman–Crippen LogP) is 3.29. The molecule has 2 aromatic rings. The number of hydrogen-bond acceptors (Lipinski definition) is 1. The van der Waals surface area contributed by atoms with Gasteiger partial charge in [-0.15, -0.1) is 0 Å². The predicted molar refractivity (Wildman–Crippen MR) is 67.9 cm³/mol. The van der Waals surface area contributed by atoms with Crippen LogP contribution in [-0.2, 0) is 0 Å². The first-order chi connectivity index (χ1) is 7.66. The number of hydrogen-bond donors (Lipinski definition) is 2. The van der Waals surface area contributed by atoms with E-state index < -0.39 is 0 Å².